The molecule has 0 aromatic rings. The summed E-state index contributed by atoms with van der Waals surface area (Å²) in [6.45, 7) is 5.59. The van der Waals surface area contributed by atoms with Gasteiger partial charge in [-0.2, -0.15) is 11.8 Å². The molecular weight excluding hydrogens is 210 g/mol. The molecule has 0 aliphatic carbocycles. The number of nitrogens with zero attached hydrogens (tertiary/aromatic N) is 1. The van der Waals surface area contributed by atoms with Crippen molar-refractivity contribution < 1.29 is 9.90 Å². The Morgan fingerprint density at radius 3 is 2.73 bits per heavy atom. The highest BCUT2D eigenvalue weighted by atomic mass is 32.2. The number of aliphatic carboxylic acids is 1. The lowest BCUT2D eigenvalue weighted by molar-refractivity contribution is -0.160. The van der Waals surface area contributed by atoms with Gasteiger partial charge >= 0.3 is 5.97 Å². The van der Waals surface area contributed by atoms with E-state index >= 15 is 0 Å². The molecule has 2 heterocycles. The number of carboxylic acids is 1. The maximum absolute atomic E-state index is 11.0. The Morgan fingerprint density at radius 2 is 2.20 bits per heavy atom. The van der Waals surface area contributed by atoms with E-state index in [-0.39, 0.29) is 0 Å². The van der Waals surface area contributed by atoms with Gasteiger partial charge in [-0.1, -0.05) is 6.92 Å². The van der Waals surface area contributed by atoms with E-state index < -0.39 is 11.4 Å². The molecule has 0 amide bonds. The lowest BCUT2D eigenvalue weighted by atomic mass is 9.80. The van der Waals surface area contributed by atoms with Crippen molar-refractivity contribution in [2.75, 3.05) is 18.8 Å². The van der Waals surface area contributed by atoms with E-state index in [4.69, 9.17) is 5.11 Å². The summed E-state index contributed by atoms with van der Waals surface area (Å²) in [5.74, 6) is 0.622. The van der Waals surface area contributed by atoms with Gasteiger partial charge in [-0.15, -0.1) is 0 Å². The Morgan fingerprint density at radius 1 is 1.53 bits per heavy atom. The van der Waals surface area contributed by atoms with E-state index in [1.165, 1.54) is 18.6 Å². The van der Waals surface area contributed by atoms with Crippen molar-refractivity contribution in [2.45, 2.75) is 38.0 Å². The minimum absolute atomic E-state index is 0.484. The minimum atomic E-state index is -0.644. The third-order valence-electron chi connectivity index (χ3n) is 3.66. The van der Waals surface area contributed by atoms with E-state index in [0.29, 0.717) is 11.3 Å². The van der Waals surface area contributed by atoms with Gasteiger partial charge in [-0.05, 0) is 25.5 Å². The van der Waals surface area contributed by atoms with Crippen LogP contribution < -0.4 is 0 Å². The second kappa shape index (κ2) is 3.98. The number of likely N-dealkylation sites (tertiary alicyclic amines) is 1. The van der Waals surface area contributed by atoms with Gasteiger partial charge < -0.3 is 5.11 Å². The van der Waals surface area contributed by atoms with Crippen LogP contribution in [0.25, 0.3) is 0 Å². The first kappa shape index (κ1) is 11.3. The lowest BCUT2D eigenvalue weighted by Crippen LogP contribution is -2.63. The van der Waals surface area contributed by atoms with Crippen LogP contribution in [-0.2, 0) is 4.79 Å². The average Bonchev–Trinajstić information content (AvgIpc) is 2.14. The number of hydrogen-bond donors (Lipinski definition) is 1. The summed E-state index contributed by atoms with van der Waals surface area (Å²) >= 11 is 2.02. The molecular formula is C11H19NO2S. The molecule has 0 radical (unpaired) electrons. The lowest BCUT2D eigenvalue weighted by Gasteiger charge is -2.51. The minimum Gasteiger partial charge on any atom is -0.481 e. The fourth-order valence-corrected chi connectivity index (χ4v) is 3.84. The van der Waals surface area contributed by atoms with Gasteiger partial charge in [0.25, 0.3) is 0 Å². The molecule has 15 heavy (non-hydrogen) atoms. The molecule has 0 aromatic heterocycles. The zero-order chi connectivity index (χ0) is 11.1. The first-order valence-electron chi connectivity index (χ1n) is 5.62. The van der Waals surface area contributed by atoms with Crippen LogP contribution in [0, 0.1) is 5.41 Å². The zero-order valence-corrected chi connectivity index (χ0v) is 10.2. The van der Waals surface area contributed by atoms with Crippen molar-refractivity contribution in [1.82, 2.24) is 4.90 Å². The van der Waals surface area contributed by atoms with Crippen molar-refractivity contribution in [3.8, 4) is 0 Å². The van der Waals surface area contributed by atoms with Gasteiger partial charge in [0.2, 0.25) is 0 Å². The molecule has 2 fully saturated rings. The topological polar surface area (TPSA) is 40.5 Å². The molecule has 2 rings (SSSR count). The summed E-state index contributed by atoms with van der Waals surface area (Å²) in [6.07, 6.45) is 2.52. The molecule has 0 saturated carbocycles. The van der Waals surface area contributed by atoms with E-state index in [0.717, 1.165) is 13.1 Å². The summed E-state index contributed by atoms with van der Waals surface area (Å²) in [6, 6.07) is 0.608. The molecule has 3 nitrogen and oxygen atoms in total. The number of carboxylic acid groups (broad SMARTS) is 1. The summed E-state index contributed by atoms with van der Waals surface area (Å²) in [5, 5.41) is 9.71. The Balaban J connectivity index is 1.90. The van der Waals surface area contributed by atoms with Crippen molar-refractivity contribution in [3.05, 3.63) is 0 Å². The maximum atomic E-state index is 11.0. The standard InChI is InChI=1S/C11H19NO2S/c1-8-9(4-3-5-15-8)12-6-11(2,7-12)10(13)14/h8-9H,3-7H2,1-2H3,(H,13,14). The predicted octanol–water partition coefficient (Wildman–Crippen LogP) is 1.68. The van der Waals surface area contributed by atoms with Crippen LogP contribution in [0.15, 0.2) is 0 Å². The van der Waals surface area contributed by atoms with Crippen LogP contribution >= 0.6 is 11.8 Å². The Hall–Kier alpha value is -0.220. The van der Waals surface area contributed by atoms with Crippen molar-refractivity contribution in [3.63, 3.8) is 0 Å². The summed E-state index contributed by atoms with van der Waals surface area (Å²) in [4.78, 5) is 13.3. The molecule has 4 heteroatoms. The van der Waals surface area contributed by atoms with Crippen LogP contribution in [0.1, 0.15) is 26.7 Å². The molecule has 0 aromatic carbocycles. The normalized spacial score (nSPS) is 35.9. The highest BCUT2D eigenvalue weighted by molar-refractivity contribution is 7.99. The molecule has 0 spiro atoms. The predicted molar refractivity (Wildman–Crippen MR) is 62.3 cm³/mol. The first-order chi connectivity index (χ1) is 7.03. The van der Waals surface area contributed by atoms with Gasteiger partial charge in [0, 0.05) is 24.4 Å². The molecule has 2 unspecified atom stereocenters. The van der Waals surface area contributed by atoms with Crippen molar-refractivity contribution in [1.29, 1.82) is 0 Å². The molecule has 0 bridgehead atoms. The van der Waals surface area contributed by atoms with Crippen molar-refractivity contribution in [2.24, 2.45) is 5.41 Å². The zero-order valence-electron chi connectivity index (χ0n) is 9.40. The van der Waals surface area contributed by atoms with E-state index in [1.807, 2.05) is 18.7 Å². The molecule has 2 atom stereocenters. The second-order valence-electron chi connectivity index (χ2n) is 5.06. The highest BCUT2D eigenvalue weighted by Crippen LogP contribution is 2.37. The molecule has 86 valence electrons. The van der Waals surface area contributed by atoms with Gasteiger partial charge in [0.15, 0.2) is 0 Å². The third kappa shape index (κ3) is 2.02. The molecule has 2 aliphatic heterocycles. The van der Waals surface area contributed by atoms with Gasteiger partial charge in [0.1, 0.15) is 0 Å². The summed E-state index contributed by atoms with van der Waals surface area (Å²) in [7, 11) is 0. The van der Waals surface area contributed by atoms with Gasteiger partial charge in [0.05, 0.1) is 5.41 Å². The molecule has 2 aliphatic rings. The van der Waals surface area contributed by atoms with Gasteiger partial charge in [-0.25, -0.2) is 0 Å². The highest BCUT2D eigenvalue weighted by Gasteiger charge is 2.48. The van der Waals surface area contributed by atoms with Crippen LogP contribution in [-0.4, -0.2) is 46.1 Å². The third-order valence-corrected chi connectivity index (χ3v) is 5.02. The monoisotopic (exact) mass is 229 g/mol. The number of rotatable bonds is 2. The van der Waals surface area contributed by atoms with Crippen LogP contribution in [0.2, 0.25) is 0 Å². The van der Waals surface area contributed by atoms with Crippen LogP contribution in [0.4, 0.5) is 0 Å². The number of carbonyl (C=O) groups is 1. The smallest absolute Gasteiger partial charge is 0.311 e. The van der Waals surface area contributed by atoms with E-state index in [9.17, 15) is 4.79 Å². The van der Waals surface area contributed by atoms with E-state index in [1.54, 1.807) is 0 Å². The largest absolute Gasteiger partial charge is 0.481 e. The van der Waals surface area contributed by atoms with E-state index in [2.05, 4.69) is 11.8 Å². The fraction of sp³-hybridized carbons (Fsp3) is 0.909. The Bertz CT molecular complexity index is 263. The second-order valence-corrected chi connectivity index (χ2v) is 6.54. The summed E-state index contributed by atoms with van der Waals surface area (Å²) in [5.41, 5.74) is -0.484. The van der Waals surface area contributed by atoms with Gasteiger partial charge in [-0.3, -0.25) is 9.69 Å². The van der Waals surface area contributed by atoms with Crippen LogP contribution in [0.5, 0.6) is 0 Å². The maximum Gasteiger partial charge on any atom is 0.311 e. The molecule has 2 saturated heterocycles. The van der Waals surface area contributed by atoms with Crippen LogP contribution in [0.3, 0.4) is 0 Å². The first-order valence-corrected chi connectivity index (χ1v) is 6.67. The number of hydrogen-bond acceptors (Lipinski definition) is 3. The Labute approximate surface area is 95.2 Å². The number of thioether (sulfide) groups is 1. The SMILES string of the molecule is CC1SCCCC1N1CC(C)(C(=O)O)C1. The van der Waals surface area contributed by atoms with Crippen molar-refractivity contribution >= 4 is 17.7 Å². The molecule has 1 N–H and O–H groups in total. The average molecular weight is 229 g/mol. The summed E-state index contributed by atoms with van der Waals surface area (Å²) < 4.78 is 0. The quantitative estimate of drug-likeness (QED) is 0.782. The Kier molecular flexibility index (Phi) is 2.99. The fourth-order valence-electron chi connectivity index (χ4n) is 2.61.